The van der Waals surface area contributed by atoms with Crippen LogP contribution in [-0.4, -0.2) is 11.7 Å². The lowest BCUT2D eigenvalue weighted by Gasteiger charge is -2.15. The zero-order chi connectivity index (χ0) is 18.6. The van der Waals surface area contributed by atoms with Crippen LogP contribution in [0.5, 0.6) is 0 Å². The molecular weight excluding hydrogens is 345 g/mol. The molecule has 0 aliphatic rings. The van der Waals surface area contributed by atoms with Gasteiger partial charge in [-0.25, -0.2) is 0 Å². The van der Waals surface area contributed by atoms with E-state index in [1.165, 1.54) is 23.3 Å². The molecule has 0 spiro atoms. The molecule has 0 fully saturated rings. The van der Waals surface area contributed by atoms with E-state index >= 15 is 0 Å². The Morgan fingerprint density at radius 1 is 1.00 bits per heavy atom. The Kier molecular flexibility index (Phi) is 6.06. The number of halogens is 3. The molecule has 0 heterocycles. The summed E-state index contributed by atoms with van der Waals surface area (Å²) in [7, 11) is 0. The second-order valence-corrected chi connectivity index (χ2v) is 6.49. The molecule has 0 radical (unpaired) electrons. The summed E-state index contributed by atoms with van der Waals surface area (Å²) in [5.41, 5.74) is 4.39. The molecule has 6 heteroatoms. The monoisotopic (exact) mass is 366 g/mol. The molecule has 25 heavy (non-hydrogen) atoms. The van der Waals surface area contributed by atoms with Gasteiger partial charge >= 0.3 is 6.18 Å². The minimum atomic E-state index is -4.32. The van der Waals surface area contributed by atoms with Crippen LogP contribution in [0.4, 0.5) is 18.9 Å². The third kappa shape index (κ3) is 5.46. The van der Waals surface area contributed by atoms with Gasteiger partial charge in [-0.1, -0.05) is 24.3 Å². The first-order valence-corrected chi connectivity index (χ1v) is 8.36. The Morgan fingerprint density at radius 2 is 1.68 bits per heavy atom. The first kappa shape index (κ1) is 19.2. The van der Waals surface area contributed by atoms with E-state index in [0.29, 0.717) is 23.6 Å². The molecule has 0 aliphatic carbocycles. The average Bonchev–Trinajstić information content (AvgIpc) is 2.52. The third-order valence-electron chi connectivity index (χ3n) is 4.04. The molecule has 134 valence electrons. The number of hydrogen-bond acceptors (Lipinski definition) is 1. The molecular formula is C19H21F3N2S. The van der Waals surface area contributed by atoms with Gasteiger partial charge in [-0.05, 0) is 73.8 Å². The van der Waals surface area contributed by atoms with Crippen LogP contribution in [0.3, 0.4) is 0 Å². The maximum absolute atomic E-state index is 12.7. The van der Waals surface area contributed by atoms with E-state index in [4.69, 9.17) is 12.2 Å². The lowest BCUT2D eigenvalue weighted by atomic mass is 10.1. The van der Waals surface area contributed by atoms with Crippen LogP contribution in [0.15, 0.2) is 36.4 Å². The second kappa shape index (κ2) is 7.87. The zero-order valence-electron chi connectivity index (χ0n) is 14.4. The maximum atomic E-state index is 12.7. The number of nitrogens with one attached hydrogen (secondary N) is 2. The van der Waals surface area contributed by atoms with Gasteiger partial charge in [-0.3, -0.25) is 0 Å². The van der Waals surface area contributed by atoms with Crippen molar-refractivity contribution in [1.29, 1.82) is 0 Å². The highest BCUT2D eigenvalue weighted by atomic mass is 32.1. The van der Waals surface area contributed by atoms with E-state index in [9.17, 15) is 13.2 Å². The molecule has 0 unspecified atom stereocenters. The van der Waals surface area contributed by atoms with Gasteiger partial charge in [0.05, 0.1) is 5.56 Å². The van der Waals surface area contributed by atoms with E-state index < -0.39 is 11.7 Å². The summed E-state index contributed by atoms with van der Waals surface area (Å²) < 4.78 is 38.1. The Hall–Kier alpha value is -2.08. The number of benzene rings is 2. The van der Waals surface area contributed by atoms with Gasteiger partial charge in [0.15, 0.2) is 5.11 Å². The highest BCUT2D eigenvalue weighted by Crippen LogP contribution is 2.29. The van der Waals surface area contributed by atoms with Gasteiger partial charge < -0.3 is 10.6 Å². The van der Waals surface area contributed by atoms with Crippen molar-refractivity contribution >= 4 is 23.0 Å². The van der Waals surface area contributed by atoms with Crippen LogP contribution in [0.2, 0.25) is 0 Å². The predicted octanol–water partition coefficient (Wildman–Crippen LogP) is 5.16. The van der Waals surface area contributed by atoms with Crippen LogP contribution < -0.4 is 10.6 Å². The van der Waals surface area contributed by atoms with Crippen molar-refractivity contribution in [2.45, 2.75) is 33.4 Å². The highest BCUT2D eigenvalue weighted by Gasteiger charge is 2.30. The topological polar surface area (TPSA) is 24.1 Å². The van der Waals surface area contributed by atoms with Gasteiger partial charge in [0.1, 0.15) is 0 Å². The lowest BCUT2D eigenvalue weighted by molar-refractivity contribution is -0.137. The average molecular weight is 366 g/mol. The van der Waals surface area contributed by atoms with Crippen LogP contribution in [0, 0.1) is 20.8 Å². The van der Waals surface area contributed by atoms with Crippen LogP contribution >= 0.6 is 12.2 Å². The van der Waals surface area contributed by atoms with E-state index in [2.05, 4.69) is 23.6 Å². The minimum Gasteiger partial charge on any atom is -0.362 e. The molecule has 2 aromatic carbocycles. The molecule has 0 aliphatic heterocycles. The molecule has 2 nitrogen and oxygen atoms in total. The smallest absolute Gasteiger partial charge is 0.362 e. The minimum absolute atomic E-state index is 0.455. The third-order valence-corrected chi connectivity index (χ3v) is 4.29. The summed E-state index contributed by atoms with van der Waals surface area (Å²) in [6, 6.07) is 9.47. The molecule has 0 atom stereocenters. The van der Waals surface area contributed by atoms with Crippen molar-refractivity contribution in [2.24, 2.45) is 0 Å². The summed E-state index contributed by atoms with van der Waals surface area (Å²) in [5.74, 6) is 0. The van der Waals surface area contributed by atoms with Crippen molar-refractivity contribution in [2.75, 3.05) is 11.9 Å². The number of aryl methyl sites for hydroxylation is 3. The van der Waals surface area contributed by atoms with Gasteiger partial charge in [0.25, 0.3) is 0 Å². The molecule has 2 rings (SSSR count). The number of rotatable bonds is 4. The van der Waals surface area contributed by atoms with Crippen LogP contribution in [0.1, 0.15) is 27.8 Å². The van der Waals surface area contributed by atoms with Gasteiger partial charge in [-0.2, -0.15) is 13.2 Å². The molecule has 0 aromatic heterocycles. The molecule has 0 bridgehead atoms. The van der Waals surface area contributed by atoms with Crippen molar-refractivity contribution < 1.29 is 13.2 Å². The fraction of sp³-hybridized carbons (Fsp3) is 0.316. The first-order chi connectivity index (χ1) is 11.7. The molecule has 0 amide bonds. The first-order valence-electron chi connectivity index (χ1n) is 7.95. The maximum Gasteiger partial charge on any atom is 0.416 e. The Labute approximate surface area is 151 Å². The quantitative estimate of drug-likeness (QED) is 0.731. The van der Waals surface area contributed by atoms with E-state index in [1.54, 1.807) is 6.07 Å². The predicted molar refractivity (Wildman–Crippen MR) is 100 cm³/mol. The number of thiocarbonyl (C=S) groups is 1. The fourth-order valence-electron chi connectivity index (χ4n) is 2.49. The molecule has 0 saturated heterocycles. The number of hydrogen-bond donors (Lipinski definition) is 2. The summed E-state index contributed by atoms with van der Waals surface area (Å²) in [4.78, 5) is 0. The van der Waals surface area contributed by atoms with Crippen molar-refractivity contribution in [3.8, 4) is 0 Å². The number of alkyl halides is 3. The Morgan fingerprint density at radius 3 is 2.36 bits per heavy atom. The zero-order valence-corrected chi connectivity index (χ0v) is 15.2. The van der Waals surface area contributed by atoms with Crippen molar-refractivity contribution in [3.05, 3.63) is 64.2 Å². The van der Waals surface area contributed by atoms with E-state index in [1.807, 2.05) is 19.9 Å². The summed E-state index contributed by atoms with van der Waals surface area (Å²) >= 11 is 5.27. The van der Waals surface area contributed by atoms with Gasteiger partial charge in [0.2, 0.25) is 0 Å². The van der Waals surface area contributed by atoms with Crippen LogP contribution in [-0.2, 0) is 12.6 Å². The Bertz CT molecular complexity index is 770. The molecule has 0 saturated carbocycles. The summed E-state index contributed by atoms with van der Waals surface area (Å²) in [5, 5.41) is 6.64. The highest BCUT2D eigenvalue weighted by molar-refractivity contribution is 7.80. The summed E-state index contributed by atoms with van der Waals surface area (Å²) in [6.45, 7) is 6.54. The van der Waals surface area contributed by atoms with Crippen molar-refractivity contribution in [3.63, 3.8) is 0 Å². The molecule has 2 N–H and O–H groups in total. The largest absolute Gasteiger partial charge is 0.416 e. The normalized spacial score (nSPS) is 11.3. The standard InChI is InChI=1S/C19H21F3N2S/c1-12-9-14(3)17(10-13(12)2)24-18(25)23-8-7-15-5-4-6-16(11-15)19(20,21)22/h4-6,9-11H,7-8H2,1-3H3,(H2,23,24,25). The van der Waals surface area contributed by atoms with Crippen LogP contribution in [0.25, 0.3) is 0 Å². The Balaban J connectivity index is 1.90. The van der Waals surface area contributed by atoms with Crippen molar-refractivity contribution in [1.82, 2.24) is 5.32 Å². The van der Waals surface area contributed by atoms with Gasteiger partial charge in [0, 0.05) is 12.2 Å². The van der Waals surface area contributed by atoms with E-state index in [-0.39, 0.29) is 0 Å². The van der Waals surface area contributed by atoms with E-state index in [0.717, 1.165) is 17.3 Å². The lowest BCUT2D eigenvalue weighted by Crippen LogP contribution is -2.30. The summed E-state index contributed by atoms with van der Waals surface area (Å²) in [6.07, 6.45) is -3.86. The number of anilines is 1. The fourth-order valence-corrected chi connectivity index (χ4v) is 2.70. The van der Waals surface area contributed by atoms with Gasteiger partial charge in [-0.15, -0.1) is 0 Å². The second-order valence-electron chi connectivity index (χ2n) is 6.08. The molecule has 2 aromatic rings. The SMILES string of the molecule is Cc1cc(C)c(NC(=S)NCCc2cccc(C(F)(F)F)c2)cc1C.